The SMILES string of the molecule is COc1cccc(-c2csc3nc(NS(=O)(=O)c4cc(OC)ccc4OC)nn23)c1. The van der Waals surface area contributed by atoms with Crippen molar-refractivity contribution in [2.45, 2.75) is 4.90 Å². The Morgan fingerprint density at radius 2 is 1.77 bits per heavy atom. The van der Waals surface area contributed by atoms with Crippen LogP contribution in [0.4, 0.5) is 5.95 Å². The molecule has 0 radical (unpaired) electrons. The van der Waals surface area contributed by atoms with Crippen LogP contribution in [0.15, 0.2) is 52.7 Å². The van der Waals surface area contributed by atoms with Gasteiger partial charge in [-0.25, -0.2) is 17.7 Å². The van der Waals surface area contributed by atoms with E-state index in [-0.39, 0.29) is 16.6 Å². The molecule has 11 heteroatoms. The van der Waals surface area contributed by atoms with Gasteiger partial charge in [-0.3, -0.25) is 0 Å². The molecular formula is C19H18N4O5S2. The Kier molecular flexibility index (Phi) is 5.22. The van der Waals surface area contributed by atoms with E-state index < -0.39 is 10.0 Å². The second kappa shape index (κ2) is 7.84. The van der Waals surface area contributed by atoms with E-state index in [1.165, 1.54) is 37.7 Å². The fraction of sp³-hybridized carbons (Fsp3) is 0.158. The minimum atomic E-state index is -4.01. The van der Waals surface area contributed by atoms with Crippen molar-refractivity contribution in [2.75, 3.05) is 26.1 Å². The first-order chi connectivity index (χ1) is 14.4. The molecule has 2 heterocycles. The summed E-state index contributed by atoms with van der Waals surface area (Å²) in [6.45, 7) is 0. The van der Waals surface area contributed by atoms with Gasteiger partial charge in [0.1, 0.15) is 22.1 Å². The Morgan fingerprint density at radius 3 is 2.50 bits per heavy atom. The molecule has 9 nitrogen and oxygen atoms in total. The lowest BCUT2D eigenvalue weighted by atomic mass is 10.2. The number of anilines is 1. The molecule has 2 aromatic heterocycles. The molecule has 4 aromatic rings. The number of hydrogen-bond acceptors (Lipinski definition) is 8. The third-order valence-corrected chi connectivity index (χ3v) is 6.50. The van der Waals surface area contributed by atoms with E-state index in [1.54, 1.807) is 17.7 Å². The summed E-state index contributed by atoms with van der Waals surface area (Å²) in [5, 5.41) is 6.22. The van der Waals surface area contributed by atoms with Crippen molar-refractivity contribution in [1.29, 1.82) is 0 Å². The number of ether oxygens (including phenoxy) is 3. The molecule has 0 bridgehead atoms. The lowest BCUT2D eigenvalue weighted by molar-refractivity contribution is 0.392. The molecule has 156 valence electrons. The molecule has 0 saturated heterocycles. The summed E-state index contributed by atoms with van der Waals surface area (Å²) in [5.41, 5.74) is 1.64. The van der Waals surface area contributed by atoms with Gasteiger partial charge in [-0.15, -0.1) is 16.4 Å². The van der Waals surface area contributed by atoms with Gasteiger partial charge in [0.15, 0.2) is 0 Å². The van der Waals surface area contributed by atoms with Crippen molar-refractivity contribution in [3.63, 3.8) is 0 Å². The van der Waals surface area contributed by atoms with Crippen molar-refractivity contribution in [3.8, 4) is 28.5 Å². The predicted octanol–water partition coefficient (Wildman–Crippen LogP) is 3.28. The maximum Gasteiger partial charge on any atom is 0.268 e. The third-order valence-electron chi connectivity index (χ3n) is 4.33. The third kappa shape index (κ3) is 3.64. The van der Waals surface area contributed by atoms with Gasteiger partial charge in [-0.05, 0) is 24.3 Å². The molecule has 0 aliphatic rings. The van der Waals surface area contributed by atoms with Crippen LogP contribution in [0.3, 0.4) is 0 Å². The van der Waals surface area contributed by atoms with E-state index in [9.17, 15) is 8.42 Å². The van der Waals surface area contributed by atoms with Crippen LogP contribution in [0, 0.1) is 0 Å². The van der Waals surface area contributed by atoms with Crippen molar-refractivity contribution >= 4 is 32.3 Å². The number of sulfonamides is 1. The van der Waals surface area contributed by atoms with Gasteiger partial charge in [-0.2, -0.15) is 4.98 Å². The van der Waals surface area contributed by atoms with Gasteiger partial charge in [0.25, 0.3) is 16.0 Å². The minimum Gasteiger partial charge on any atom is -0.497 e. The largest absolute Gasteiger partial charge is 0.497 e. The highest BCUT2D eigenvalue weighted by Gasteiger charge is 2.23. The number of hydrogen-bond donors (Lipinski definition) is 1. The molecule has 0 saturated carbocycles. The first-order valence-corrected chi connectivity index (χ1v) is 11.0. The van der Waals surface area contributed by atoms with Gasteiger partial charge in [0.2, 0.25) is 4.96 Å². The van der Waals surface area contributed by atoms with Crippen LogP contribution in [-0.4, -0.2) is 44.3 Å². The van der Waals surface area contributed by atoms with Crippen LogP contribution in [0.1, 0.15) is 0 Å². The lowest BCUT2D eigenvalue weighted by Gasteiger charge is -2.11. The Labute approximate surface area is 176 Å². The lowest BCUT2D eigenvalue weighted by Crippen LogP contribution is -2.15. The van der Waals surface area contributed by atoms with Crippen LogP contribution in [0.25, 0.3) is 16.2 Å². The number of fused-ring (bicyclic) bond motifs is 1. The highest BCUT2D eigenvalue weighted by molar-refractivity contribution is 7.92. The molecule has 4 rings (SSSR count). The Balaban J connectivity index is 1.70. The van der Waals surface area contributed by atoms with Crippen LogP contribution in [0.5, 0.6) is 17.2 Å². The van der Waals surface area contributed by atoms with Crippen molar-refractivity contribution < 1.29 is 22.6 Å². The Hall–Kier alpha value is -3.31. The van der Waals surface area contributed by atoms with Gasteiger partial charge in [0.05, 0.1) is 27.0 Å². The first-order valence-electron chi connectivity index (χ1n) is 8.68. The fourth-order valence-electron chi connectivity index (χ4n) is 2.87. The van der Waals surface area contributed by atoms with Crippen LogP contribution < -0.4 is 18.9 Å². The number of rotatable bonds is 7. The number of thiazole rings is 1. The second-order valence-electron chi connectivity index (χ2n) is 6.10. The van der Waals surface area contributed by atoms with E-state index in [2.05, 4.69) is 14.8 Å². The van der Waals surface area contributed by atoms with E-state index in [1.807, 2.05) is 29.6 Å². The molecule has 0 atom stereocenters. The van der Waals surface area contributed by atoms with Crippen LogP contribution in [-0.2, 0) is 10.0 Å². The van der Waals surface area contributed by atoms with Crippen LogP contribution in [0.2, 0.25) is 0 Å². The average molecular weight is 447 g/mol. The van der Waals surface area contributed by atoms with Gasteiger partial charge < -0.3 is 14.2 Å². The van der Waals surface area contributed by atoms with Crippen molar-refractivity contribution in [1.82, 2.24) is 14.6 Å². The van der Waals surface area contributed by atoms with E-state index >= 15 is 0 Å². The zero-order valence-electron chi connectivity index (χ0n) is 16.3. The second-order valence-corrected chi connectivity index (χ2v) is 8.59. The molecule has 0 unspecified atom stereocenters. The summed E-state index contributed by atoms with van der Waals surface area (Å²) in [6.07, 6.45) is 0. The molecular weight excluding hydrogens is 428 g/mol. The van der Waals surface area contributed by atoms with Gasteiger partial charge in [0, 0.05) is 17.0 Å². The Bertz CT molecular complexity index is 1310. The summed E-state index contributed by atoms with van der Waals surface area (Å²) >= 11 is 1.35. The number of nitrogens with one attached hydrogen (secondary N) is 1. The quantitative estimate of drug-likeness (QED) is 0.464. The molecule has 30 heavy (non-hydrogen) atoms. The van der Waals surface area contributed by atoms with Crippen LogP contribution >= 0.6 is 11.3 Å². The zero-order valence-corrected chi connectivity index (χ0v) is 18.0. The molecule has 0 aliphatic heterocycles. The number of aromatic nitrogens is 3. The maximum atomic E-state index is 12.9. The smallest absolute Gasteiger partial charge is 0.268 e. The molecule has 0 spiro atoms. The summed E-state index contributed by atoms with van der Waals surface area (Å²) in [4.78, 5) is 4.76. The van der Waals surface area contributed by atoms with E-state index in [4.69, 9.17) is 14.2 Å². The molecule has 2 aromatic carbocycles. The molecule has 0 aliphatic carbocycles. The maximum absolute atomic E-state index is 12.9. The van der Waals surface area contributed by atoms with Crippen molar-refractivity contribution in [2.24, 2.45) is 0 Å². The molecule has 1 N–H and O–H groups in total. The number of nitrogens with zero attached hydrogens (tertiary/aromatic N) is 3. The number of benzene rings is 2. The predicted molar refractivity (Wildman–Crippen MR) is 113 cm³/mol. The van der Waals surface area contributed by atoms with E-state index in [0.29, 0.717) is 16.5 Å². The fourth-order valence-corrected chi connectivity index (χ4v) is 4.83. The summed E-state index contributed by atoms with van der Waals surface area (Å²) in [7, 11) is 0.434. The number of methoxy groups -OCH3 is 3. The normalized spacial score (nSPS) is 11.4. The standard InChI is InChI=1S/C19H18N4O5S2/c1-26-13-6-4-5-12(9-13)15-11-29-19-20-18(21-23(15)19)22-30(24,25)17-10-14(27-2)7-8-16(17)28-3/h4-11H,1-3H3,(H,21,22). The van der Waals surface area contributed by atoms with Gasteiger partial charge in [-0.1, -0.05) is 12.1 Å². The summed E-state index contributed by atoms with van der Waals surface area (Å²) in [6, 6.07) is 12.0. The topological polar surface area (TPSA) is 104 Å². The Morgan fingerprint density at radius 1 is 1.00 bits per heavy atom. The average Bonchev–Trinajstić information content (AvgIpc) is 3.32. The van der Waals surface area contributed by atoms with Crippen molar-refractivity contribution in [3.05, 3.63) is 47.8 Å². The van der Waals surface area contributed by atoms with Gasteiger partial charge >= 0.3 is 0 Å². The van der Waals surface area contributed by atoms with E-state index in [0.717, 1.165) is 11.3 Å². The summed E-state index contributed by atoms with van der Waals surface area (Å²) < 4.78 is 45.4. The molecule has 0 amide bonds. The first kappa shape index (κ1) is 20.0. The monoisotopic (exact) mass is 446 g/mol. The highest BCUT2D eigenvalue weighted by atomic mass is 32.2. The summed E-state index contributed by atoms with van der Waals surface area (Å²) in [5.74, 6) is 1.23. The highest BCUT2D eigenvalue weighted by Crippen LogP contribution is 2.31. The molecule has 0 fully saturated rings. The zero-order chi connectivity index (χ0) is 21.3. The minimum absolute atomic E-state index is 0.0455.